The van der Waals surface area contributed by atoms with Gasteiger partial charge < -0.3 is 9.42 Å². The highest BCUT2D eigenvalue weighted by atomic mass is 16.5. The van der Waals surface area contributed by atoms with E-state index in [2.05, 4.69) is 15.0 Å². The van der Waals surface area contributed by atoms with Crippen LogP contribution >= 0.6 is 0 Å². The molecule has 0 saturated carbocycles. The molecule has 1 aromatic carbocycles. The maximum absolute atomic E-state index is 11.8. The second-order valence-electron chi connectivity index (χ2n) is 6.08. The summed E-state index contributed by atoms with van der Waals surface area (Å²) in [5.74, 6) is 1.85. The molecule has 0 unspecified atom stereocenters. The lowest BCUT2D eigenvalue weighted by Crippen LogP contribution is -2.28. The Balaban J connectivity index is 1.56. The van der Waals surface area contributed by atoms with Crippen molar-refractivity contribution in [1.29, 1.82) is 0 Å². The zero-order valence-electron chi connectivity index (χ0n) is 13.6. The summed E-state index contributed by atoms with van der Waals surface area (Å²) in [5.41, 5.74) is 0.949. The Hall–Kier alpha value is -2.21. The van der Waals surface area contributed by atoms with E-state index < -0.39 is 0 Å². The number of carbonyl (C=O) groups is 1. The molecule has 1 aliphatic heterocycles. The van der Waals surface area contributed by atoms with Gasteiger partial charge in [0.2, 0.25) is 17.6 Å². The van der Waals surface area contributed by atoms with Crippen LogP contribution in [-0.4, -0.2) is 52.5 Å². The summed E-state index contributed by atoms with van der Waals surface area (Å²) in [7, 11) is 2.02. The minimum Gasteiger partial charge on any atom is -0.343 e. The van der Waals surface area contributed by atoms with Gasteiger partial charge in [-0.05, 0) is 19.9 Å². The predicted octanol–water partition coefficient (Wildman–Crippen LogP) is 2.04. The molecule has 2 heterocycles. The van der Waals surface area contributed by atoms with Crippen molar-refractivity contribution in [1.82, 2.24) is 19.9 Å². The number of hydrogen-bond acceptors (Lipinski definition) is 5. The smallest absolute Gasteiger partial charge is 0.241 e. The van der Waals surface area contributed by atoms with E-state index in [1.54, 1.807) is 0 Å². The highest BCUT2D eigenvalue weighted by Crippen LogP contribution is 2.19. The van der Waals surface area contributed by atoms with Crippen LogP contribution in [0.5, 0.6) is 0 Å². The summed E-state index contributed by atoms with van der Waals surface area (Å²) in [6.45, 7) is 5.11. The topological polar surface area (TPSA) is 62.5 Å². The predicted molar refractivity (Wildman–Crippen MR) is 86.4 cm³/mol. The first kappa shape index (κ1) is 15.7. The largest absolute Gasteiger partial charge is 0.343 e. The molecule has 0 spiro atoms. The Kier molecular flexibility index (Phi) is 4.71. The van der Waals surface area contributed by atoms with Crippen LogP contribution in [0, 0.1) is 5.92 Å². The molecule has 1 amide bonds. The summed E-state index contributed by atoms with van der Waals surface area (Å²) in [6.07, 6.45) is 0.636. The molecule has 0 aliphatic carbocycles. The van der Waals surface area contributed by atoms with Gasteiger partial charge in [0.15, 0.2) is 0 Å². The van der Waals surface area contributed by atoms with Gasteiger partial charge in [0, 0.05) is 31.6 Å². The standard InChI is InChI=1S/C17H22N4O2/c1-3-21-11-13(9-16(21)22)10-20(2)12-15-18-17(19-23-15)14-7-5-4-6-8-14/h4-8,13H,3,9-12H2,1-2H3/t13-/m0/s1. The Morgan fingerprint density at radius 2 is 2.13 bits per heavy atom. The van der Waals surface area contributed by atoms with Crippen LogP contribution in [0.2, 0.25) is 0 Å². The fourth-order valence-electron chi connectivity index (χ4n) is 3.04. The Morgan fingerprint density at radius 3 is 2.83 bits per heavy atom. The van der Waals surface area contributed by atoms with Crippen LogP contribution < -0.4 is 0 Å². The van der Waals surface area contributed by atoms with E-state index in [9.17, 15) is 4.79 Å². The monoisotopic (exact) mass is 314 g/mol. The summed E-state index contributed by atoms with van der Waals surface area (Å²) >= 11 is 0. The summed E-state index contributed by atoms with van der Waals surface area (Å²) < 4.78 is 5.34. The van der Waals surface area contributed by atoms with Gasteiger partial charge in [-0.2, -0.15) is 4.98 Å². The van der Waals surface area contributed by atoms with Gasteiger partial charge in [-0.25, -0.2) is 0 Å². The molecule has 1 saturated heterocycles. The first-order valence-electron chi connectivity index (χ1n) is 8.00. The summed E-state index contributed by atoms with van der Waals surface area (Å²) in [6, 6.07) is 9.78. The molecular formula is C17H22N4O2. The molecular weight excluding hydrogens is 292 g/mol. The van der Waals surface area contributed by atoms with Crippen molar-refractivity contribution in [2.24, 2.45) is 5.92 Å². The van der Waals surface area contributed by atoms with Crippen molar-refractivity contribution < 1.29 is 9.32 Å². The zero-order valence-corrected chi connectivity index (χ0v) is 13.6. The van der Waals surface area contributed by atoms with Gasteiger partial charge in [-0.1, -0.05) is 35.5 Å². The molecule has 23 heavy (non-hydrogen) atoms. The van der Waals surface area contributed by atoms with E-state index in [0.29, 0.717) is 30.6 Å². The molecule has 2 aromatic rings. The van der Waals surface area contributed by atoms with Gasteiger partial charge in [0.05, 0.1) is 6.54 Å². The lowest BCUT2D eigenvalue weighted by molar-refractivity contribution is -0.127. The second-order valence-corrected chi connectivity index (χ2v) is 6.08. The van der Waals surface area contributed by atoms with Gasteiger partial charge >= 0.3 is 0 Å². The SMILES string of the molecule is CCN1C[C@H](CN(C)Cc2nc(-c3ccccc3)no2)CC1=O. The van der Waals surface area contributed by atoms with Gasteiger partial charge in [0.1, 0.15) is 0 Å². The Labute approximate surface area is 136 Å². The molecule has 1 aromatic heterocycles. The number of hydrogen-bond donors (Lipinski definition) is 0. The molecule has 0 radical (unpaired) electrons. The number of likely N-dealkylation sites (tertiary alicyclic amines) is 1. The van der Waals surface area contributed by atoms with Gasteiger partial charge in [-0.3, -0.25) is 9.69 Å². The summed E-state index contributed by atoms with van der Waals surface area (Å²) in [5, 5.41) is 4.03. The van der Waals surface area contributed by atoms with Crippen molar-refractivity contribution in [3.63, 3.8) is 0 Å². The maximum Gasteiger partial charge on any atom is 0.241 e. The highest BCUT2D eigenvalue weighted by Gasteiger charge is 2.29. The number of amides is 1. The van der Waals surface area contributed by atoms with Crippen molar-refractivity contribution >= 4 is 5.91 Å². The summed E-state index contributed by atoms with van der Waals surface area (Å²) in [4.78, 5) is 20.3. The molecule has 0 N–H and O–H groups in total. The minimum atomic E-state index is 0.259. The number of aromatic nitrogens is 2. The van der Waals surface area contributed by atoms with Crippen LogP contribution in [0.25, 0.3) is 11.4 Å². The number of rotatable bonds is 6. The molecule has 6 nitrogen and oxygen atoms in total. The van der Waals surface area contributed by atoms with E-state index >= 15 is 0 Å². The van der Waals surface area contributed by atoms with Crippen molar-refractivity contribution in [2.45, 2.75) is 19.9 Å². The lowest BCUT2D eigenvalue weighted by Gasteiger charge is -2.19. The molecule has 1 aliphatic rings. The number of carbonyl (C=O) groups excluding carboxylic acids is 1. The average molecular weight is 314 g/mol. The van der Waals surface area contributed by atoms with Crippen molar-refractivity contribution in [2.75, 3.05) is 26.7 Å². The first-order valence-corrected chi connectivity index (χ1v) is 8.00. The van der Waals surface area contributed by atoms with Crippen LogP contribution in [0.15, 0.2) is 34.9 Å². The van der Waals surface area contributed by atoms with Crippen LogP contribution in [-0.2, 0) is 11.3 Å². The van der Waals surface area contributed by atoms with E-state index in [-0.39, 0.29) is 5.91 Å². The normalized spacial score (nSPS) is 18.1. The van der Waals surface area contributed by atoms with E-state index in [1.807, 2.05) is 49.2 Å². The third-order valence-corrected chi connectivity index (χ3v) is 4.15. The fourth-order valence-corrected chi connectivity index (χ4v) is 3.04. The van der Waals surface area contributed by atoms with E-state index in [4.69, 9.17) is 4.52 Å². The molecule has 1 fully saturated rings. The maximum atomic E-state index is 11.8. The molecule has 122 valence electrons. The van der Waals surface area contributed by atoms with Crippen molar-refractivity contribution in [3.8, 4) is 11.4 Å². The fraction of sp³-hybridized carbons (Fsp3) is 0.471. The molecule has 1 atom stereocenters. The van der Waals surface area contributed by atoms with Crippen molar-refractivity contribution in [3.05, 3.63) is 36.2 Å². The third-order valence-electron chi connectivity index (χ3n) is 4.15. The molecule has 0 bridgehead atoms. The third kappa shape index (κ3) is 3.76. The number of nitrogens with zero attached hydrogens (tertiary/aromatic N) is 4. The molecule has 3 rings (SSSR count). The average Bonchev–Trinajstić information content (AvgIpc) is 3.14. The van der Waals surface area contributed by atoms with Crippen LogP contribution in [0.1, 0.15) is 19.2 Å². The first-order chi connectivity index (χ1) is 11.2. The Morgan fingerprint density at radius 1 is 1.35 bits per heavy atom. The quantitative estimate of drug-likeness (QED) is 0.816. The minimum absolute atomic E-state index is 0.259. The Bertz CT molecular complexity index is 656. The highest BCUT2D eigenvalue weighted by molar-refractivity contribution is 5.78. The second kappa shape index (κ2) is 6.91. The zero-order chi connectivity index (χ0) is 16.2. The molecule has 6 heteroatoms. The van der Waals surface area contributed by atoms with Crippen LogP contribution in [0.4, 0.5) is 0 Å². The van der Waals surface area contributed by atoms with Gasteiger partial charge in [0.25, 0.3) is 0 Å². The number of benzene rings is 1. The van der Waals surface area contributed by atoms with E-state index in [1.165, 1.54) is 0 Å². The lowest BCUT2D eigenvalue weighted by atomic mass is 10.1. The van der Waals surface area contributed by atoms with Crippen LogP contribution in [0.3, 0.4) is 0 Å². The van der Waals surface area contributed by atoms with E-state index in [0.717, 1.165) is 25.2 Å². The van der Waals surface area contributed by atoms with Gasteiger partial charge in [-0.15, -0.1) is 0 Å².